The number of hydrogen-bond acceptors (Lipinski definition) is 5. The molecule has 0 aliphatic heterocycles. The van der Waals surface area contributed by atoms with E-state index >= 15 is 0 Å². The van der Waals surface area contributed by atoms with E-state index in [0.717, 1.165) is 29.0 Å². The third-order valence-electron chi connectivity index (χ3n) is 6.10. The fraction of sp³-hybridized carbons (Fsp3) is 0.286. The van der Waals surface area contributed by atoms with Gasteiger partial charge in [0.05, 0.1) is 12.6 Å². The molecule has 196 valence electrons. The van der Waals surface area contributed by atoms with Gasteiger partial charge in [0.25, 0.3) is 5.91 Å². The number of rotatable bonds is 12. The first-order chi connectivity index (χ1) is 17.7. The number of carbonyl (C=O) groups is 2. The van der Waals surface area contributed by atoms with E-state index in [0.29, 0.717) is 28.1 Å². The van der Waals surface area contributed by atoms with Gasteiger partial charge in [-0.1, -0.05) is 61.7 Å². The molecule has 3 aromatic carbocycles. The van der Waals surface area contributed by atoms with Gasteiger partial charge >= 0.3 is 5.97 Å². The van der Waals surface area contributed by atoms with Crippen LogP contribution >= 0.6 is 23.2 Å². The summed E-state index contributed by atoms with van der Waals surface area (Å²) in [6.07, 6.45) is -0.700. The van der Waals surface area contributed by atoms with Gasteiger partial charge in [-0.15, -0.1) is 0 Å². The van der Waals surface area contributed by atoms with E-state index < -0.39 is 18.0 Å². The molecule has 1 unspecified atom stereocenters. The van der Waals surface area contributed by atoms with Crippen molar-refractivity contribution in [2.75, 3.05) is 18.5 Å². The summed E-state index contributed by atoms with van der Waals surface area (Å²) in [4.78, 5) is 22.9. The van der Waals surface area contributed by atoms with Gasteiger partial charge in [-0.25, -0.2) is 4.79 Å². The average Bonchev–Trinajstić information content (AvgIpc) is 2.89. The smallest absolute Gasteiger partial charge is 0.334 e. The molecule has 0 aliphatic rings. The number of aliphatic hydroxyl groups is 1. The Kier molecular flexibility index (Phi) is 10.2. The van der Waals surface area contributed by atoms with Gasteiger partial charge in [0.15, 0.2) is 6.10 Å². The number of hydrogen-bond donors (Lipinski definition) is 4. The van der Waals surface area contributed by atoms with Crippen LogP contribution in [-0.2, 0) is 4.79 Å². The summed E-state index contributed by atoms with van der Waals surface area (Å²) in [5.41, 5.74) is 3.04. The van der Waals surface area contributed by atoms with Crippen molar-refractivity contribution in [3.05, 3.63) is 82.3 Å². The Labute approximate surface area is 226 Å². The van der Waals surface area contributed by atoms with Crippen LogP contribution in [0, 0.1) is 5.92 Å². The van der Waals surface area contributed by atoms with Crippen LogP contribution in [-0.4, -0.2) is 47.4 Å². The predicted molar refractivity (Wildman–Crippen MR) is 147 cm³/mol. The van der Waals surface area contributed by atoms with Crippen LogP contribution < -0.4 is 15.4 Å². The summed E-state index contributed by atoms with van der Waals surface area (Å²) < 4.78 is 6.09. The second-order valence-corrected chi connectivity index (χ2v) is 9.58. The van der Waals surface area contributed by atoms with Crippen molar-refractivity contribution < 1.29 is 24.5 Å². The quantitative estimate of drug-likeness (QED) is 0.231. The third kappa shape index (κ3) is 8.12. The van der Waals surface area contributed by atoms with Crippen LogP contribution in [0.25, 0.3) is 11.1 Å². The van der Waals surface area contributed by atoms with Crippen molar-refractivity contribution in [2.24, 2.45) is 5.92 Å². The largest absolute Gasteiger partial charge is 0.491 e. The summed E-state index contributed by atoms with van der Waals surface area (Å²) >= 11 is 12.3. The minimum absolute atomic E-state index is 0.0146. The standard InChI is InChI=1S/C28H30Cl2N2O5/c1-3-17(2)25(32-21-9-4-19(5-10-21)27(34)31-15-26(33)28(35)36)16-37-22-11-6-18(7-12-22)23-13-8-20(29)14-24(23)30/h4-14,17,25-26,32-33H,3,15-16H2,1-2H3,(H,31,34)(H,35,36)/t17-,25+,26?/m0/s1. The molecule has 9 heteroatoms. The van der Waals surface area contributed by atoms with E-state index in [-0.39, 0.29) is 12.6 Å². The van der Waals surface area contributed by atoms with E-state index in [1.807, 2.05) is 30.3 Å². The molecule has 37 heavy (non-hydrogen) atoms. The fourth-order valence-electron chi connectivity index (χ4n) is 3.58. The lowest BCUT2D eigenvalue weighted by atomic mass is 9.99. The number of carboxylic acids is 1. The van der Waals surface area contributed by atoms with E-state index in [1.165, 1.54) is 0 Å². The summed E-state index contributed by atoms with van der Waals surface area (Å²) in [5.74, 6) is -0.802. The molecule has 3 atom stereocenters. The first-order valence-electron chi connectivity index (χ1n) is 11.9. The van der Waals surface area contributed by atoms with Crippen LogP contribution in [0.2, 0.25) is 10.0 Å². The highest BCUT2D eigenvalue weighted by molar-refractivity contribution is 6.36. The number of anilines is 1. The molecule has 1 amide bonds. The van der Waals surface area contributed by atoms with Crippen molar-refractivity contribution in [3.8, 4) is 16.9 Å². The zero-order chi connectivity index (χ0) is 26.9. The molecule has 0 radical (unpaired) electrons. The Morgan fingerprint density at radius 3 is 2.27 bits per heavy atom. The van der Waals surface area contributed by atoms with Crippen LogP contribution in [0.15, 0.2) is 66.7 Å². The molecule has 0 aromatic heterocycles. The molecule has 0 bridgehead atoms. The summed E-state index contributed by atoms with van der Waals surface area (Å²) in [5, 5.41) is 25.1. The molecular formula is C28H30Cl2N2O5. The maximum atomic E-state index is 12.2. The molecular weight excluding hydrogens is 515 g/mol. The van der Waals surface area contributed by atoms with Gasteiger partial charge in [-0.05, 0) is 60.0 Å². The Balaban J connectivity index is 1.60. The number of amides is 1. The van der Waals surface area contributed by atoms with E-state index in [9.17, 15) is 14.7 Å². The molecule has 3 aromatic rings. The van der Waals surface area contributed by atoms with Crippen LogP contribution in [0.5, 0.6) is 5.75 Å². The molecule has 3 rings (SSSR count). The van der Waals surface area contributed by atoms with Crippen molar-refractivity contribution in [1.82, 2.24) is 5.32 Å². The van der Waals surface area contributed by atoms with Gasteiger partial charge in [-0.2, -0.15) is 0 Å². The lowest BCUT2D eigenvalue weighted by Gasteiger charge is -2.25. The van der Waals surface area contributed by atoms with Gasteiger partial charge in [0, 0.05) is 26.9 Å². The lowest BCUT2D eigenvalue weighted by molar-refractivity contribution is -0.146. The van der Waals surface area contributed by atoms with Gasteiger partial charge in [0.2, 0.25) is 0 Å². The van der Waals surface area contributed by atoms with Crippen molar-refractivity contribution >= 4 is 40.8 Å². The number of aliphatic hydroxyl groups excluding tert-OH is 1. The SMILES string of the molecule is CC[C@H](C)[C@@H](COc1ccc(-c2ccc(Cl)cc2Cl)cc1)Nc1ccc(C(=O)NCC(O)C(=O)O)cc1. The normalized spacial score (nSPS) is 13.3. The first kappa shape index (κ1) is 28.3. The molecule has 7 nitrogen and oxygen atoms in total. The lowest BCUT2D eigenvalue weighted by Crippen LogP contribution is -2.36. The number of ether oxygens (including phenoxy) is 1. The van der Waals surface area contributed by atoms with Crippen LogP contribution in [0.3, 0.4) is 0 Å². The topological polar surface area (TPSA) is 108 Å². The summed E-state index contributed by atoms with van der Waals surface area (Å²) in [6.45, 7) is 4.33. The summed E-state index contributed by atoms with van der Waals surface area (Å²) in [6, 6.07) is 20.0. The Bertz CT molecular complexity index is 1200. The average molecular weight is 545 g/mol. The maximum Gasteiger partial charge on any atom is 0.334 e. The minimum Gasteiger partial charge on any atom is -0.491 e. The van der Waals surface area contributed by atoms with Gasteiger partial charge in [-0.3, -0.25) is 4.79 Å². The second kappa shape index (κ2) is 13.3. The van der Waals surface area contributed by atoms with Crippen molar-refractivity contribution in [3.63, 3.8) is 0 Å². The molecule has 4 N–H and O–H groups in total. The van der Waals surface area contributed by atoms with Crippen molar-refractivity contribution in [1.29, 1.82) is 0 Å². The molecule has 0 spiro atoms. The van der Waals surface area contributed by atoms with Crippen molar-refractivity contribution in [2.45, 2.75) is 32.4 Å². The van der Waals surface area contributed by atoms with Gasteiger partial charge < -0.3 is 25.6 Å². The maximum absolute atomic E-state index is 12.2. The van der Waals surface area contributed by atoms with Gasteiger partial charge in [0.1, 0.15) is 12.4 Å². The zero-order valence-electron chi connectivity index (χ0n) is 20.6. The number of carboxylic acid groups (broad SMARTS) is 1. The van der Waals surface area contributed by atoms with E-state index in [2.05, 4.69) is 24.5 Å². The van der Waals surface area contributed by atoms with Crippen LogP contribution in [0.1, 0.15) is 30.6 Å². The molecule has 0 heterocycles. The molecule has 0 saturated heterocycles. The highest BCUT2D eigenvalue weighted by atomic mass is 35.5. The molecule has 0 aliphatic carbocycles. The second-order valence-electron chi connectivity index (χ2n) is 8.74. The predicted octanol–water partition coefficient (Wildman–Crippen LogP) is 5.74. The number of benzene rings is 3. The van der Waals surface area contributed by atoms with Crippen LogP contribution in [0.4, 0.5) is 5.69 Å². The monoisotopic (exact) mass is 544 g/mol. The number of carbonyl (C=O) groups excluding carboxylic acids is 1. The third-order valence-corrected chi connectivity index (χ3v) is 6.64. The molecule has 0 saturated carbocycles. The zero-order valence-corrected chi connectivity index (χ0v) is 22.1. The van der Waals surface area contributed by atoms with E-state index in [4.69, 9.17) is 33.0 Å². The number of aliphatic carboxylic acids is 1. The Morgan fingerprint density at radius 1 is 1.00 bits per heavy atom. The Morgan fingerprint density at radius 2 is 1.68 bits per heavy atom. The minimum atomic E-state index is -1.65. The summed E-state index contributed by atoms with van der Waals surface area (Å²) in [7, 11) is 0. The first-order valence-corrected chi connectivity index (χ1v) is 12.7. The highest BCUT2D eigenvalue weighted by Crippen LogP contribution is 2.31. The fourth-order valence-corrected chi connectivity index (χ4v) is 4.10. The number of halogens is 2. The highest BCUT2D eigenvalue weighted by Gasteiger charge is 2.18. The molecule has 0 fully saturated rings. The Hall–Kier alpha value is -3.26. The number of nitrogens with one attached hydrogen (secondary N) is 2. The van der Waals surface area contributed by atoms with E-state index in [1.54, 1.807) is 36.4 Å².